The molecule has 1 aromatic heterocycles. The van der Waals surface area contributed by atoms with Gasteiger partial charge in [-0.3, -0.25) is 0 Å². The summed E-state index contributed by atoms with van der Waals surface area (Å²) in [6, 6.07) is 112. The summed E-state index contributed by atoms with van der Waals surface area (Å²) in [7, 11) is 0. The van der Waals surface area contributed by atoms with Crippen LogP contribution in [0.2, 0.25) is 0 Å². The first-order valence-electron chi connectivity index (χ1n) is 26.1. The number of hydrogen-bond donors (Lipinski definition) is 0. The first kappa shape index (κ1) is 46.4. The molecule has 0 atom stereocenters. The summed E-state index contributed by atoms with van der Waals surface area (Å²) in [5, 5.41) is 2.07. The van der Waals surface area contributed by atoms with Crippen LogP contribution in [0, 0.1) is 0 Å². The Labute approximate surface area is 449 Å². The van der Waals surface area contributed by atoms with Crippen LogP contribution in [0.3, 0.4) is 0 Å². The molecule has 366 valence electrons. The highest BCUT2D eigenvalue weighted by Crippen LogP contribution is 2.44. The molecule has 0 fully saturated rings. The summed E-state index contributed by atoms with van der Waals surface area (Å²) >= 11 is 0. The maximum absolute atomic E-state index is 6.62. The lowest BCUT2D eigenvalue weighted by Gasteiger charge is -2.27. The van der Waals surface area contributed by atoms with Crippen molar-refractivity contribution in [1.82, 2.24) is 0 Å². The van der Waals surface area contributed by atoms with E-state index in [0.29, 0.717) is 0 Å². The smallest absolute Gasteiger partial charge is 0.135 e. The topological polar surface area (TPSA) is 26.1 Å². The molecular weight excluding hydrogens is 937 g/mol. The van der Waals surface area contributed by atoms with Crippen molar-refractivity contribution < 1.29 is 4.42 Å². The largest absolute Gasteiger partial charge is 0.456 e. The molecular formula is C72H52N4O. The summed E-state index contributed by atoms with van der Waals surface area (Å²) in [6.45, 7) is 0. The van der Waals surface area contributed by atoms with Crippen LogP contribution in [0.1, 0.15) is 0 Å². The van der Waals surface area contributed by atoms with Crippen LogP contribution in [-0.4, -0.2) is 0 Å². The lowest BCUT2D eigenvalue weighted by atomic mass is 10.0. The van der Waals surface area contributed by atoms with E-state index in [9.17, 15) is 0 Å². The van der Waals surface area contributed by atoms with Gasteiger partial charge in [0.05, 0.1) is 0 Å². The molecule has 12 aromatic carbocycles. The molecule has 0 saturated carbocycles. The molecule has 0 unspecified atom stereocenters. The van der Waals surface area contributed by atoms with E-state index in [0.717, 1.165) is 112 Å². The molecule has 0 saturated heterocycles. The lowest BCUT2D eigenvalue weighted by molar-refractivity contribution is 0.669. The van der Waals surface area contributed by atoms with Crippen molar-refractivity contribution in [2.75, 3.05) is 19.6 Å². The van der Waals surface area contributed by atoms with Gasteiger partial charge in [-0.2, -0.15) is 0 Å². The van der Waals surface area contributed by atoms with E-state index in [4.69, 9.17) is 4.42 Å². The Morgan fingerprint density at radius 3 is 0.701 bits per heavy atom. The zero-order valence-electron chi connectivity index (χ0n) is 42.2. The first-order chi connectivity index (χ1) is 38.2. The van der Waals surface area contributed by atoms with Crippen LogP contribution < -0.4 is 19.6 Å². The van der Waals surface area contributed by atoms with E-state index in [2.05, 4.69) is 335 Å². The highest BCUT2D eigenvalue weighted by molar-refractivity contribution is 6.08. The molecule has 0 bridgehead atoms. The third-order valence-electron chi connectivity index (χ3n) is 14.2. The van der Waals surface area contributed by atoms with Crippen molar-refractivity contribution >= 4 is 90.2 Å². The SMILES string of the molecule is c1ccc(N(c2ccccc2)c2ccc(-c3cccc(N(c4ccccc4)c4ccc5oc6ccc(N(c7ccccc7)c7cccc(-c8ccc(N(c9ccccc9)c9ccccc9)cc8)c7)cc6c5c4)c3)cc2)cc1. The minimum absolute atomic E-state index is 0.831. The summed E-state index contributed by atoms with van der Waals surface area (Å²) < 4.78 is 6.62. The molecule has 5 heteroatoms. The van der Waals surface area contributed by atoms with Crippen LogP contribution in [0.25, 0.3) is 44.2 Å². The molecule has 0 amide bonds. The van der Waals surface area contributed by atoms with Gasteiger partial charge in [0.1, 0.15) is 11.2 Å². The van der Waals surface area contributed by atoms with Gasteiger partial charge >= 0.3 is 0 Å². The maximum atomic E-state index is 6.62. The predicted molar refractivity (Wildman–Crippen MR) is 323 cm³/mol. The third-order valence-corrected chi connectivity index (χ3v) is 14.2. The minimum atomic E-state index is 0.831. The Hall–Kier alpha value is -10.4. The quantitative estimate of drug-likeness (QED) is 0.108. The van der Waals surface area contributed by atoms with Gasteiger partial charge in [0.2, 0.25) is 0 Å². The number of hydrogen-bond acceptors (Lipinski definition) is 5. The fourth-order valence-electron chi connectivity index (χ4n) is 10.5. The molecule has 13 aromatic rings. The van der Waals surface area contributed by atoms with Gasteiger partial charge in [0.25, 0.3) is 0 Å². The molecule has 0 radical (unpaired) electrons. The normalized spacial score (nSPS) is 11.1. The molecule has 13 rings (SSSR count). The summed E-state index contributed by atoms with van der Waals surface area (Å²) in [6.07, 6.45) is 0. The predicted octanol–water partition coefficient (Wildman–Crippen LogP) is 20.8. The molecule has 1 heterocycles. The second kappa shape index (κ2) is 20.9. The van der Waals surface area contributed by atoms with Gasteiger partial charge in [0.15, 0.2) is 0 Å². The molecule has 0 spiro atoms. The Morgan fingerprint density at radius 2 is 0.403 bits per heavy atom. The third kappa shape index (κ3) is 9.46. The van der Waals surface area contributed by atoms with Gasteiger partial charge < -0.3 is 24.0 Å². The van der Waals surface area contributed by atoms with Gasteiger partial charge in [-0.25, -0.2) is 0 Å². The monoisotopic (exact) mass is 988 g/mol. The second-order valence-corrected chi connectivity index (χ2v) is 19.0. The fraction of sp³-hybridized carbons (Fsp3) is 0. The summed E-state index contributed by atoms with van der Waals surface area (Å²) in [5.41, 5.74) is 19.1. The van der Waals surface area contributed by atoms with Crippen LogP contribution in [0.15, 0.2) is 320 Å². The van der Waals surface area contributed by atoms with Gasteiger partial charge in [0, 0.05) is 79.0 Å². The average Bonchev–Trinajstić information content (AvgIpc) is 3.91. The number of para-hydroxylation sites is 6. The Bertz CT molecular complexity index is 3730. The molecule has 0 aliphatic carbocycles. The first-order valence-corrected chi connectivity index (χ1v) is 26.1. The van der Waals surface area contributed by atoms with E-state index in [1.807, 2.05) is 0 Å². The Morgan fingerprint density at radius 1 is 0.169 bits per heavy atom. The average molecular weight is 989 g/mol. The summed E-state index contributed by atoms with van der Waals surface area (Å²) in [4.78, 5) is 9.25. The number of anilines is 12. The van der Waals surface area contributed by atoms with E-state index >= 15 is 0 Å². The second-order valence-electron chi connectivity index (χ2n) is 19.0. The molecule has 0 aliphatic rings. The van der Waals surface area contributed by atoms with Crippen molar-refractivity contribution in [2.45, 2.75) is 0 Å². The standard InChI is InChI=1S/C72H52N4O/c1-7-23-57(24-8-1)73(58-25-9-2-10-26-58)63-41-37-53(38-42-63)55-21-19-35-65(49-55)75(61-31-15-5-16-32-61)67-45-47-71-69(51-67)70-52-68(46-48-72(70)77-71)76(62-33-17-6-18-34-62)66-36-20-22-56(50-66)54-39-43-64(44-40-54)74(59-27-11-3-12-28-59)60-29-13-4-14-30-60/h1-52H. The minimum Gasteiger partial charge on any atom is -0.456 e. The summed E-state index contributed by atoms with van der Waals surface area (Å²) in [5.74, 6) is 0. The maximum Gasteiger partial charge on any atom is 0.135 e. The van der Waals surface area contributed by atoms with Crippen molar-refractivity contribution in [3.05, 3.63) is 315 Å². The number of furan rings is 1. The number of rotatable bonds is 14. The van der Waals surface area contributed by atoms with Crippen LogP contribution in [0.4, 0.5) is 68.2 Å². The molecule has 77 heavy (non-hydrogen) atoms. The van der Waals surface area contributed by atoms with Crippen molar-refractivity contribution in [3.63, 3.8) is 0 Å². The van der Waals surface area contributed by atoms with E-state index in [1.54, 1.807) is 0 Å². The Kier molecular flexibility index (Phi) is 12.6. The lowest BCUT2D eigenvalue weighted by Crippen LogP contribution is -2.10. The van der Waals surface area contributed by atoms with Crippen LogP contribution in [0.5, 0.6) is 0 Å². The van der Waals surface area contributed by atoms with E-state index in [1.165, 1.54) is 0 Å². The fourth-order valence-corrected chi connectivity index (χ4v) is 10.5. The van der Waals surface area contributed by atoms with Gasteiger partial charge in [-0.1, -0.05) is 158 Å². The zero-order valence-corrected chi connectivity index (χ0v) is 42.2. The van der Waals surface area contributed by atoms with Crippen LogP contribution >= 0.6 is 0 Å². The van der Waals surface area contributed by atoms with Crippen molar-refractivity contribution in [2.24, 2.45) is 0 Å². The van der Waals surface area contributed by atoms with E-state index < -0.39 is 0 Å². The van der Waals surface area contributed by atoms with Crippen molar-refractivity contribution in [1.29, 1.82) is 0 Å². The van der Waals surface area contributed by atoms with Gasteiger partial charge in [-0.15, -0.1) is 0 Å². The molecule has 0 N–H and O–H groups in total. The highest BCUT2D eigenvalue weighted by Gasteiger charge is 2.20. The number of fused-ring (bicyclic) bond motifs is 3. The number of nitrogens with zero attached hydrogens (tertiary/aromatic N) is 4. The highest BCUT2D eigenvalue weighted by atomic mass is 16.3. The van der Waals surface area contributed by atoms with Gasteiger partial charge in [-0.05, 0) is 180 Å². The van der Waals surface area contributed by atoms with E-state index in [-0.39, 0.29) is 0 Å². The molecule has 5 nitrogen and oxygen atoms in total. The van der Waals surface area contributed by atoms with Crippen LogP contribution in [-0.2, 0) is 0 Å². The molecule has 0 aliphatic heterocycles. The Balaban J connectivity index is 0.846. The zero-order chi connectivity index (χ0) is 51.3. The number of benzene rings is 12. The van der Waals surface area contributed by atoms with Crippen molar-refractivity contribution in [3.8, 4) is 22.3 Å².